The Morgan fingerprint density at radius 3 is 2.68 bits per heavy atom. The van der Waals surface area contributed by atoms with Crippen molar-refractivity contribution in [1.82, 2.24) is 5.32 Å². The third-order valence-corrected chi connectivity index (χ3v) is 2.57. The van der Waals surface area contributed by atoms with Crippen molar-refractivity contribution < 1.29 is 14.3 Å². The van der Waals surface area contributed by atoms with Crippen molar-refractivity contribution in [3.8, 4) is 18.1 Å². The number of terminal acetylenes is 1. The maximum atomic E-state index is 11.6. The van der Waals surface area contributed by atoms with Crippen molar-refractivity contribution in [1.29, 1.82) is 0 Å². The number of hydrogen-bond acceptors (Lipinski definition) is 3. The van der Waals surface area contributed by atoms with E-state index in [0.29, 0.717) is 12.2 Å². The van der Waals surface area contributed by atoms with Gasteiger partial charge in [-0.25, -0.2) is 0 Å². The van der Waals surface area contributed by atoms with Gasteiger partial charge in [-0.05, 0) is 18.6 Å². The summed E-state index contributed by atoms with van der Waals surface area (Å²) in [5.41, 5.74) is 0. The average Bonchev–Trinajstić information content (AvgIpc) is 2.43. The zero-order valence-corrected chi connectivity index (χ0v) is 10.9. The molecule has 4 heteroatoms. The number of esters is 1. The molecule has 0 heterocycles. The van der Waals surface area contributed by atoms with E-state index in [1.54, 1.807) is 31.2 Å². The van der Waals surface area contributed by atoms with Gasteiger partial charge in [0.1, 0.15) is 5.75 Å². The third-order valence-electron chi connectivity index (χ3n) is 2.57. The number of carbonyl (C=O) groups is 2. The van der Waals surface area contributed by atoms with Crippen LogP contribution < -0.4 is 10.1 Å². The second-order valence-corrected chi connectivity index (χ2v) is 4.15. The molecule has 1 aromatic carbocycles. The molecule has 0 fully saturated rings. The predicted octanol–water partition coefficient (Wildman–Crippen LogP) is 1.76. The first-order chi connectivity index (χ1) is 9.13. The molecule has 1 N–H and O–H groups in total. The van der Waals surface area contributed by atoms with E-state index < -0.39 is 0 Å². The minimum Gasteiger partial charge on any atom is -0.427 e. The number of carbonyl (C=O) groups excluding carboxylic acids is 2. The lowest BCUT2D eigenvalue weighted by molar-refractivity contribution is -0.135. The molecular formula is C15H17NO3. The zero-order valence-electron chi connectivity index (χ0n) is 10.9. The molecule has 0 aliphatic rings. The number of nitrogens with one attached hydrogen (secondary N) is 1. The number of amides is 1. The molecule has 4 nitrogen and oxygen atoms in total. The smallest absolute Gasteiger partial charge is 0.311 e. The highest BCUT2D eigenvalue weighted by molar-refractivity contribution is 5.79. The van der Waals surface area contributed by atoms with Gasteiger partial charge in [-0.15, -0.1) is 6.42 Å². The van der Waals surface area contributed by atoms with Crippen LogP contribution in [-0.4, -0.2) is 18.4 Å². The fraction of sp³-hybridized carbons (Fsp3) is 0.333. The fourth-order valence-corrected chi connectivity index (χ4v) is 1.45. The van der Waals surface area contributed by atoms with Gasteiger partial charge in [-0.1, -0.05) is 31.0 Å². The average molecular weight is 259 g/mol. The fourth-order valence-electron chi connectivity index (χ4n) is 1.45. The van der Waals surface area contributed by atoms with E-state index in [0.717, 1.165) is 0 Å². The van der Waals surface area contributed by atoms with Gasteiger partial charge in [-0.3, -0.25) is 9.59 Å². The predicted molar refractivity (Wildman–Crippen MR) is 72.3 cm³/mol. The molecule has 1 atom stereocenters. The van der Waals surface area contributed by atoms with Crippen molar-refractivity contribution in [2.45, 2.75) is 19.8 Å². The van der Waals surface area contributed by atoms with Gasteiger partial charge in [0, 0.05) is 12.3 Å². The SMILES string of the molecule is C#CCNC(=O)C(C)CCC(=O)Oc1ccccc1. The molecule has 0 radical (unpaired) electrons. The second-order valence-electron chi connectivity index (χ2n) is 4.15. The topological polar surface area (TPSA) is 55.4 Å². The summed E-state index contributed by atoms with van der Waals surface area (Å²) < 4.78 is 5.12. The summed E-state index contributed by atoms with van der Waals surface area (Å²) in [5, 5.41) is 2.58. The first-order valence-electron chi connectivity index (χ1n) is 6.10. The Kier molecular flexibility index (Phi) is 6.17. The van der Waals surface area contributed by atoms with E-state index in [1.807, 2.05) is 6.07 Å². The van der Waals surface area contributed by atoms with E-state index in [2.05, 4.69) is 11.2 Å². The highest BCUT2D eigenvalue weighted by atomic mass is 16.5. The molecule has 0 saturated carbocycles. The molecule has 0 spiro atoms. The molecule has 0 bridgehead atoms. The van der Waals surface area contributed by atoms with E-state index in [4.69, 9.17) is 11.2 Å². The summed E-state index contributed by atoms with van der Waals surface area (Å²) in [7, 11) is 0. The van der Waals surface area contributed by atoms with Crippen molar-refractivity contribution in [3.63, 3.8) is 0 Å². The van der Waals surface area contributed by atoms with Gasteiger partial charge >= 0.3 is 5.97 Å². The normalized spacial score (nSPS) is 11.2. The Hall–Kier alpha value is -2.28. The molecule has 0 aliphatic carbocycles. The lowest BCUT2D eigenvalue weighted by Gasteiger charge is -2.10. The lowest BCUT2D eigenvalue weighted by Crippen LogP contribution is -2.29. The highest BCUT2D eigenvalue weighted by Crippen LogP contribution is 2.12. The molecule has 0 saturated heterocycles. The van der Waals surface area contributed by atoms with Crippen LogP contribution >= 0.6 is 0 Å². The van der Waals surface area contributed by atoms with Gasteiger partial charge in [0.25, 0.3) is 0 Å². The molecule has 19 heavy (non-hydrogen) atoms. The first-order valence-corrected chi connectivity index (χ1v) is 6.10. The Balaban J connectivity index is 2.30. The van der Waals surface area contributed by atoms with E-state index in [9.17, 15) is 9.59 Å². The largest absolute Gasteiger partial charge is 0.427 e. The van der Waals surface area contributed by atoms with Crippen LogP contribution in [0.5, 0.6) is 5.75 Å². The van der Waals surface area contributed by atoms with Crippen molar-refractivity contribution in [3.05, 3.63) is 30.3 Å². The quantitative estimate of drug-likeness (QED) is 0.481. The number of benzene rings is 1. The van der Waals surface area contributed by atoms with Crippen molar-refractivity contribution >= 4 is 11.9 Å². The molecule has 1 rings (SSSR count). The molecule has 1 unspecified atom stereocenters. The monoisotopic (exact) mass is 259 g/mol. The van der Waals surface area contributed by atoms with E-state index in [1.165, 1.54) is 0 Å². The molecule has 1 amide bonds. The molecule has 1 aromatic rings. The van der Waals surface area contributed by atoms with Crippen LogP contribution in [-0.2, 0) is 9.59 Å². The molecule has 100 valence electrons. The van der Waals surface area contributed by atoms with E-state index in [-0.39, 0.29) is 30.8 Å². The van der Waals surface area contributed by atoms with Crippen LogP contribution in [0.2, 0.25) is 0 Å². The lowest BCUT2D eigenvalue weighted by atomic mass is 10.1. The van der Waals surface area contributed by atoms with Gasteiger partial charge in [0.15, 0.2) is 0 Å². The minimum absolute atomic E-state index is 0.148. The number of para-hydroxylation sites is 1. The van der Waals surface area contributed by atoms with Gasteiger partial charge in [-0.2, -0.15) is 0 Å². The van der Waals surface area contributed by atoms with Gasteiger partial charge < -0.3 is 10.1 Å². The molecule has 0 aromatic heterocycles. The third kappa shape index (κ3) is 5.73. The highest BCUT2D eigenvalue weighted by Gasteiger charge is 2.14. The number of hydrogen-bond donors (Lipinski definition) is 1. The summed E-state index contributed by atoms with van der Waals surface area (Å²) in [4.78, 5) is 23.1. The van der Waals surface area contributed by atoms with Crippen LogP contribution in [0.15, 0.2) is 30.3 Å². The number of rotatable bonds is 6. The first kappa shape index (κ1) is 14.8. The summed E-state index contributed by atoms with van der Waals surface area (Å²) in [6.45, 7) is 1.96. The van der Waals surface area contributed by atoms with Crippen LogP contribution in [0.25, 0.3) is 0 Å². The van der Waals surface area contributed by atoms with Gasteiger partial charge in [0.05, 0.1) is 6.54 Å². The van der Waals surface area contributed by atoms with Crippen molar-refractivity contribution in [2.75, 3.05) is 6.54 Å². The minimum atomic E-state index is -0.345. The maximum Gasteiger partial charge on any atom is 0.311 e. The molecular weight excluding hydrogens is 242 g/mol. The Morgan fingerprint density at radius 2 is 2.05 bits per heavy atom. The summed E-state index contributed by atoms with van der Waals surface area (Å²) >= 11 is 0. The van der Waals surface area contributed by atoms with Crippen molar-refractivity contribution in [2.24, 2.45) is 5.92 Å². The molecule has 0 aliphatic heterocycles. The Morgan fingerprint density at radius 1 is 1.37 bits per heavy atom. The van der Waals surface area contributed by atoms with Crippen LogP contribution in [0.3, 0.4) is 0 Å². The second kappa shape index (κ2) is 7.93. The summed E-state index contributed by atoms with van der Waals surface area (Å²) in [5.74, 6) is 2.08. The van der Waals surface area contributed by atoms with E-state index >= 15 is 0 Å². The Bertz CT molecular complexity index is 462. The summed E-state index contributed by atoms with van der Waals surface area (Å²) in [6.07, 6.45) is 5.67. The standard InChI is InChI=1S/C15H17NO3/c1-3-11-16-15(18)12(2)9-10-14(17)19-13-7-5-4-6-8-13/h1,4-8,12H,9-11H2,2H3,(H,16,18). The van der Waals surface area contributed by atoms with Crippen LogP contribution in [0.1, 0.15) is 19.8 Å². The van der Waals surface area contributed by atoms with Gasteiger partial charge in [0.2, 0.25) is 5.91 Å². The maximum absolute atomic E-state index is 11.6. The zero-order chi connectivity index (χ0) is 14.1. The summed E-state index contributed by atoms with van der Waals surface area (Å²) in [6, 6.07) is 8.84. The Labute approximate surface area is 113 Å². The number of ether oxygens (including phenoxy) is 1. The van der Waals surface area contributed by atoms with Crippen LogP contribution in [0.4, 0.5) is 0 Å². The van der Waals surface area contributed by atoms with Crippen LogP contribution in [0, 0.1) is 18.3 Å².